The van der Waals surface area contributed by atoms with Crippen LogP contribution >= 0.6 is 37.2 Å². The van der Waals surface area contributed by atoms with Crippen LogP contribution in [0.15, 0.2) is 12.1 Å². The lowest BCUT2D eigenvalue weighted by molar-refractivity contribution is -0.269. The topological polar surface area (TPSA) is 63.2 Å². The lowest BCUT2D eigenvalue weighted by Gasteiger charge is -2.38. The maximum Gasteiger partial charge on any atom is 0.342 e. The Kier molecular flexibility index (Phi) is 10.2. The van der Waals surface area contributed by atoms with E-state index in [2.05, 4.69) is 44.2 Å². The van der Waals surface area contributed by atoms with Crippen molar-refractivity contribution in [1.82, 2.24) is 0 Å². The molecule has 0 radical (unpaired) electrons. The molecule has 2 fully saturated rings. The molecule has 4 rings (SSSR count). The lowest BCUT2D eigenvalue weighted by atomic mass is 9.95. The van der Waals surface area contributed by atoms with Crippen LogP contribution in [0.2, 0.25) is 0 Å². The molecule has 3 aliphatic heterocycles. The highest BCUT2D eigenvalue weighted by Crippen LogP contribution is 2.43. The standard InChI is InChI=1S/C24H34O6.I2/c1-16-11-13-24(29-16)12-7-9-17(30-24)8-5-4-6-10-20-19-14-18(26-2)15-21(27-3)22(19)23(25)28-20;1-2/h14-17,20H,4-13H2,1-3H3;. The van der Waals surface area contributed by atoms with E-state index in [4.69, 9.17) is 23.7 Å². The molecule has 0 aromatic heterocycles. The highest BCUT2D eigenvalue weighted by Gasteiger charge is 2.43. The summed E-state index contributed by atoms with van der Waals surface area (Å²) in [5.74, 6) is 0.591. The van der Waals surface area contributed by atoms with Gasteiger partial charge in [-0.05, 0) is 51.5 Å². The number of esters is 1. The number of ether oxygens (including phenoxy) is 5. The number of hydrogen-bond donors (Lipinski definition) is 0. The number of hydrogen-bond acceptors (Lipinski definition) is 6. The van der Waals surface area contributed by atoms with Crippen LogP contribution in [-0.4, -0.2) is 38.2 Å². The first-order chi connectivity index (χ1) is 15.5. The van der Waals surface area contributed by atoms with E-state index in [9.17, 15) is 4.79 Å². The molecule has 1 aromatic carbocycles. The number of rotatable bonds is 8. The van der Waals surface area contributed by atoms with Crippen molar-refractivity contribution in [2.24, 2.45) is 0 Å². The second kappa shape index (κ2) is 12.4. The zero-order chi connectivity index (χ0) is 23.1. The fourth-order valence-electron chi connectivity index (χ4n) is 5.11. The lowest BCUT2D eigenvalue weighted by Crippen LogP contribution is -2.40. The van der Waals surface area contributed by atoms with Crippen molar-refractivity contribution in [3.8, 4) is 11.5 Å². The first-order valence-corrected chi connectivity index (χ1v) is 17.8. The zero-order valence-electron chi connectivity index (χ0n) is 19.2. The SMILES string of the molecule is COc1cc(OC)c2c(c1)C(CCCCCC1CCCC3(CCC(C)O3)O1)OC2=O.II. The second-order valence-corrected chi connectivity index (χ2v) is 8.84. The van der Waals surface area contributed by atoms with E-state index < -0.39 is 0 Å². The van der Waals surface area contributed by atoms with Gasteiger partial charge in [-0.15, -0.1) is 0 Å². The van der Waals surface area contributed by atoms with Gasteiger partial charge in [-0.25, -0.2) is 4.79 Å². The molecule has 1 spiro atoms. The number of carbonyl (C=O) groups is 1. The Morgan fingerprint density at radius 2 is 1.81 bits per heavy atom. The van der Waals surface area contributed by atoms with Crippen LogP contribution in [0.4, 0.5) is 0 Å². The summed E-state index contributed by atoms with van der Waals surface area (Å²) in [4.78, 5) is 12.3. The summed E-state index contributed by atoms with van der Waals surface area (Å²) in [7, 11) is 3.17. The Labute approximate surface area is 214 Å². The molecule has 0 amide bonds. The summed E-state index contributed by atoms with van der Waals surface area (Å²) in [6.45, 7) is 2.14. The molecule has 32 heavy (non-hydrogen) atoms. The maximum absolute atomic E-state index is 12.3. The van der Waals surface area contributed by atoms with Crippen LogP contribution in [0.5, 0.6) is 11.5 Å². The van der Waals surface area contributed by atoms with Crippen LogP contribution < -0.4 is 9.47 Å². The third kappa shape index (κ3) is 6.21. The molecular weight excluding hydrogens is 638 g/mol. The normalized spacial score (nSPS) is 28.7. The predicted octanol–water partition coefficient (Wildman–Crippen LogP) is 7.10. The van der Waals surface area contributed by atoms with Gasteiger partial charge in [0.05, 0.1) is 26.4 Å². The minimum absolute atomic E-state index is 0.223. The summed E-state index contributed by atoms with van der Waals surface area (Å²) >= 11 is 4.24. The fourth-order valence-corrected chi connectivity index (χ4v) is 5.11. The smallest absolute Gasteiger partial charge is 0.342 e. The van der Waals surface area contributed by atoms with Gasteiger partial charge in [0.25, 0.3) is 0 Å². The summed E-state index contributed by atoms with van der Waals surface area (Å²) in [5, 5.41) is 0. The number of methoxy groups -OCH3 is 2. The minimum Gasteiger partial charge on any atom is -0.497 e. The van der Waals surface area contributed by atoms with Gasteiger partial charge in [0.15, 0.2) is 5.79 Å². The summed E-state index contributed by atoms with van der Waals surface area (Å²) in [6, 6.07) is 3.62. The number of carbonyl (C=O) groups excluding carboxylic acids is 1. The molecule has 2 saturated heterocycles. The van der Waals surface area contributed by atoms with Crippen molar-refractivity contribution < 1.29 is 28.5 Å². The molecule has 0 bridgehead atoms. The van der Waals surface area contributed by atoms with Gasteiger partial charge in [-0.2, -0.15) is 0 Å². The van der Waals surface area contributed by atoms with Gasteiger partial charge in [-0.3, -0.25) is 0 Å². The molecule has 1 aromatic rings. The van der Waals surface area contributed by atoms with Crippen molar-refractivity contribution in [2.45, 2.75) is 95.2 Å². The summed E-state index contributed by atoms with van der Waals surface area (Å²) in [6.07, 6.45) is 11.0. The Morgan fingerprint density at radius 3 is 2.50 bits per heavy atom. The van der Waals surface area contributed by atoms with Gasteiger partial charge >= 0.3 is 5.97 Å². The van der Waals surface area contributed by atoms with Crippen LogP contribution in [-0.2, 0) is 14.2 Å². The fraction of sp³-hybridized carbons (Fsp3) is 0.708. The molecule has 0 N–H and O–H groups in total. The van der Waals surface area contributed by atoms with Crippen molar-refractivity contribution in [3.63, 3.8) is 0 Å². The van der Waals surface area contributed by atoms with Crippen LogP contribution in [0, 0.1) is 0 Å². The van der Waals surface area contributed by atoms with Gasteiger partial charge in [-0.1, -0.05) is 12.8 Å². The quantitative estimate of drug-likeness (QED) is 0.167. The number of unbranched alkanes of at least 4 members (excludes halogenated alkanes) is 2. The average Bonchev–Trinajstić information content (AvgIpc) is 3.33. The predicted molar refractivity (Wildman–Crippen MR) is 140 cm³/mol. The first kappa shape index (κ1) is 26.3. The van der Waals surface area contributed by atoms with Gasteiger partial charge in [0.1, 0.15) is 23.2 Å². The van der Waals surface area contributed by atoms with Gasteiger partial charge < -0.3 is 23.7 Å². The van der Waals surface area contributed by atoms with Crippen LogP contribution in [0.1, 0.15) is 93.2 Å². The first-order valence-electron chi connectivity index (χ1n) is 11.5. The molecule has 180 valence electrons. The Bertz CT molecular complexity index is 769. The molecule has 3 heterocycles. The van der Waals surface area contributed by atoms with E-state index in [-0.39, 0.29) is 17.9 Å². The van der Waals surface area contributed by atoms with E-state index in [1.165, 1.54) is 6.42 Å². The number of cyclic esters (lactones) is 1. The molecule has 3 aliphatic rings. The number of halogens is 2. The molecule has 4 atom stereocenters. The second-order valence-electron chi connectivity index (χ2n) is 8.84. The third-order valence-corrected chi connectivity index (χ3v) is 6.67. The molecular formula is C24H34I2O6. The Hall–Kier alpha value is -0.330. The van der Waals surface area contributed by atoms with E-state index in [0.29, 0.717) is 29.3 Å². The van der Waals surface area contributed by atoms with Crippen molar-refractivity contribution in [2.75, 3.05) is 14.2 Å². The van der Waals surface area contributed by atoms with Gasteiger partial charge in [0.2, 0.25) is 0 Å². The van der Waals surface area contributed by atoms with E-state index >= 15 is 0 Å². The largest absolute Gasteiger partial charge is 0.497 e. The summed E-state index contributed by atoms with van der Waals surface area (Å²) < 4.78 is 28.8. The van der Waals surface area contributed by atoms with Crippen molar-refractivity contribution in [3.05, 3.63) is 23.3 Å². The Balaban J connectivity index is 0.00000141. The van der Waals surface area contributed by atoms with Crippen LogP contribution in [0.25, 0.3) is 0 Å². The monoisotopic (exact) mass is 672 g/mol. The maximum atomic E-state index is 12.3. The Morgan fingerprint density at radius 1 is 1.03 bits per heavy atom. The molecule has 6 nitrogen and oxygen atoms in total. The van der Waals surface area contributed by atoms with E-state index in [1.807, 2.05) is 6.07 Å². The number of benzene rings is 1. The molecule has 0 aliphatic carbocycles. The van der Waals surface area contributed by atoms with Crippen molar-refractivity contribution in [1.29, 1.82) is 0 Å². The van der Waals surface area contributed by atoms with E-state index in [0.717, 1.165) is 63.4 Å². The van der Waals surface area contributed by atoms with E-state index in [1.54, 1.807) is 20.3 Å². The minimum atomic E-state index is -0.304. The van der Waals surface area contributed by atoms with Crippen LogP contribution in [0.3, 0.4) is 0 Å². The molecule has 8 heteroatoms. The average molecular weight is 672 g/mol. The number of fused-ring (bicyclic) bond motifs is 1. The summed E-state index contributed by atoms with van der Waals surface area (Å²) in [5.41, 5.74) is 1.41. The molecule has 4 unspecified atom stereocenters. The third-order valence-electron chi connectivity index (χ3n) is 6.67. The highest BCUT2D eigenvalue weighted by molar-refractivity contribution is 15.0. The highest BCUT2D eigenvalue weighted by atomic mass is 128. The molecule has 0 saturated carbocycles. The zero-order valence-corrected chi connectivity index (χ0v) is 23.5. The van der Waals surface area contributed by atoms with Gasteiger partial charge in [0, 0.05) is 61.7 Å². The van der Waals surface area contributed by atoms with Crippen molar-refractivity contribution >= 4 is 43.2 Å².